The highest BCUT2D eigenvalue weighted by Crippen LogP contribution is 2.19. The molecule has 1 amide bonds. The van der Waals surface area contributed by atoms with E-state index in [2.05, 4.69) is 5.32 Å². The zero-order valence-electron chi connectivity index (χ0n) is 12.0. The molecule has 1 atom stereocenters. The number of Topliss-reactive ketones (excluding diaryl/α,β-unsaturated/α-hetero) is 1. The second-order valence-corrected chi connectivity index (χ2v) is 5.41. The van der Waals surface area contributed by atoms with Gasteiger partial charge in [0.25, 0.3) is 5.91 Å². The summed E-state index contributed by atoms with van der Waals surface area (Å²) in [7, 11) is 0. The van der Waals surface area contributed by atoms with Crippen molar-refractivity contribution in [2.75, 3.05) is 0 Å². The molecule has 0 bridgehead atoms. The van der Waals surface area contributed by atoms with Crippen LogP contribution in [0.2, 0.25) is 0 Å². The number of para-hydroxylation sites is 1. The molecule has 1 N–H and O–H groups in total. The summed E-state index contributed by atoms with van der Waals surface area (Å²) in [5, 5.41) is 3.62. The second-order valence-electron chi connectivity index (χ2n) is 5.41. The van der Waals surface area contributed by atoms with Crippen LogP contribution in [-0.2, 0) is 4.79 Å². The van der Waals surface area contributed by atoms with Crippen LogP contribution in [0.4, 0.5) is 0 Å². The third-order valence-corrected chi connectivity index (χ3v) is 3.15. The molecule has 2 rings (SSSR count). The molecule has 0 spiro atoms. The van der Waals surface area contributed by atoms with Crippen molar-refractivity contribution in [1.82, 2.24) is 5.32 Å². The summed E-state index contributed by atoms with van der Waals surface area (Å²) in [5.41, 5.74) is 0.667. The second kappa shape index (κ2) is 5.90. The van der Waals surface area contributed by atoms with Crippen LogP contribution in [0.3, 0.4) is 0 Å². The normalized spacial score (nSPS) is 12.6. The van der Waals surface area contributed by atoms with Gasteiger partial charge in [-0.15, -0.1) is 0 Å². The highest BCUT2D eigenvalue weighted by atomic mass is 16.3. The molecule has 2 aromatic rings. The molecule has 0 aliphatic carbocycles. The maximum absolute atomic E-state index is 12.2. The van der Waals surface area contributed by atoms with E-state index in [0.717, 1.165) is 5.39 Å². The standard InChI is InChI=1S/C16H19NO3/c1-10(2)8-13(11(3)18)17-16(19)15-9-12-6-4-5-7-14(12)20-15/h4-7,9-10,13H,8H2,1-3H3,(H,17,19). The van der Waals surface area contributed by atoms with Gasteiger partial charge in [0, 0.05) is 5.39 Å². The first-order valence-corrected chi connectivity index (χ1v) is 6.77. The van der Waals surface area contributed by atoms with Gasteiger partial charge in [-0.2, -0.15) is 0 Å². The molecule has 1 aromatic carbocycles. The minimum absolute atomic E-state index is 0.0387. The molecule has 4 nitrogen and oxygen atoms in total. The zero-order valence-corrected chi connectivity index (χ0v) is 12.0. The summed E-state index contributed by atoms with van der Waals surface area (Å²) in [6.07, 6.45) is 0.626. The Morgan fingerprint density at radius 3 is 2.55 bits per heavy atom. The zero-order chi connectivity index (χ0) is 14.7. The third kappa shape index (κ3) is 3.26. The third-order valence-electron chi connectivity index (χ3n) is 3.15. The van der Waals surface area contributed by atoms with Crippen LogP contribution >= 0.6 is 0 Å². The van der Waals surface area contributed by atoms with Crippen molar-refractivity contribution in [1.29, 1.82) is 0 Å². The van der Waals surface area contributed by atoms with Crippen LogP contribution in [0, 0.1) is 5.92 Å². The Morgan fingerprint density at radius 1 is 1.25 bits per heavy atom. The van der Waals surface area contributed by atoms with E-state index in [1.54, 1.807) is 6.07 Å². The van der Waals surface area contributed by atoms with Gasteiger partial charge in [0.1, 0.15) is 5.58 Å². The largest absolute Gasteiger partial charge is 0.451 e. The number of carbonyl (C=O) groups is 2. The summed E-state index contributed by atoms with van der Waals surface area (Å²) in [6, 6.07) is 8.66. The van der Waals surface area contributed by atoms with Gasteiger partial charge in [0.15, 0.2) is 11.5 Å². The Bertz CT molecular complexity index is 594. The Labute approximate surface area is 118 Å². The lowest BCUT2D eigenvalue weighted by molar-refractivity contribution is -0.119. The Morgan fingerprint density at radius 2 is 1.95 bits per heavy atom. The van der Waals surface area contributed by atoms with E-state index in [9.17, 15) is 9.59 Å². The number of fused-ring (bicyclic) bond motifs is 1. The first kappa shape index (κ1) is 14.3. The minimum atomic E-state index is -0.462. The van der Waals surface area contributed by atoms with Crippen LogP contribution in [0.25, 0.3) is 11.0 Å². The molecular weight excluding hydrogens is 254 g/mol. The Balaban J connectivity index is 2.15. The van der Waals surface area contributed by atoms with Crippen molar-refractivity contribution in [2.24, 2.45) is 5.92 Å². The average Bonchev–Trinajstić information content (AvgIpc) is 2.81. The molecule has 1 heterocycles. The van der Waals surface area contributed by atoms with Gasteiger partial charge in [0.05, 0.1) is 6.04 Å². The molecule has 20 heavy (non-hydrogen) atoms. The summed E-state index contributed by atoms with van der Waals surface area (Å²) < 4.78 is 5.49. The van der Waals surface area contributed by atoms with E-state index in [1.165, 1.54) is 6.92 Å². The maximum atomic E-state index is 12.2. The molecule has 4 heteroatoms. The van der Waals surface area contributed by atoms with E-state index in [4.69, 9.17) is 4.42 Å². The molecule has 0 fully saturated rings. The number of furan rings is 1. The van der Waals surface area contributed by atoms with Crippen molar-refractivity contribution in [3.8, 4) is 0 Å². The molecule has 106 valence electrons. The van der Waals surface area contributed by atoms with E-state index in [1.807, 2.05) is 38.1 Å². The minimum Gasteiger partial charge on any atom is -0.451 e. The molecule has 0 aliphatic rings. The van der Waals surface area contributed by atoms with Gasteiger partial charge in [-0.1, -0.05) is 32.0 Å². The number of nitrogens with one attached hydrogen (secondary N) is 1. The summed E-state index contributed by atoms with van der Waals surface area (Å²) in [5.74, 6) is 0.186. The van der Waals surface area contributed by atoms with Gasteiger partial charge >= 0.3 is 0 Å². The Hall–Kier alpha value is -2.10. The van der Waals surface area contributed by atoms with Crippen LogP contribution in [0.1, 0.15) is 37.7 Å². The van der Waals surface area contributed by atoms with Crippen molar-refractivity contribution in [3.05, 3.63) is 36.1 Å². The van der Waals surface area contributed by atoms with Crippen molar-refractivity contribution in [2.45, 2.75) is 33.2 Å². The lowest BCUT2D eigenvalue weighted by atomic mass is 10.0. The number of hydrogen-bond acceptors (Lipinski definition) is 3. The van der Waals surface area contributed by atoms with E-state index in [0.29, 0.717) is 17.9 Å². The first-order chi connectivity index (χ1) is 9.47. The van der Waals surface area contributed by atoms with Gasteiger partial charge in [-0.25, -0.2) is 0 Å². The van der Waals surface area contributed by atoms with Crippen LogP contribution < -0.4 is 5.32 Å². The SMILES string of the molecule is CC(=O)C(CC(C)C)NC(=O)c1cc2ccccc2o1. The molecule has 0 saturated heterocycles. The molecular formula is C16H19NO3. The number of hydrogen-bond donors (Lipinski definition) is 1. The van der Waals surface area contributed by atoms with Crippen molar-refractivity contribution < 1.29 is 14.0 Å². The molecule has 0 aliphatic heterocycles. The predicted octanol–water partition coefficient (Wildman–Crippen LogP) is 3.17. The number of carbonyl (C=O) groups excluding carboxylic acids is 2. The molecule has 0 radical (unpaired) electrons. The smallest absolute Gasteiger partial charge is 0.287 e. The Kier molecular flexibility index (Phi) is 4.23. The van der Waals surface area contributed by atoms with Gasteiger partial charge < -0.3 is 9.73 Å². The number of benzene rings is 1. The monoisotopic (exact) mass is 273 g/mol. The quantitative estimate of drug-likeness (QED) is 0.910. The number of amides is 1. The van der Waals surface area contributed by atoms with E-state index >= 15 is 0 Å². The van der Waals surface area contributed by atoms with Crippen molar-refractivity contribution >= 4 is 22.7 Å². The fourth-order valence-corrected chi connectivity index (χ4v) is 2.12. The maximum Gasteiger partial charge on any atom is 0.287 e. The topological polar surface area (TPSA) is 59.3 Å². The van der Waals surface area contributed by atoms with Crippen LogP contribution in [-0.4, -0.2) is 17.7 Å². The fraction of sp³-hybridized carbons (Fsp3) is 0.375. The van der Waals surface area contributed by atoms with E-state index in [-0.39, 0.29) is 17.5 Å². The highest BCUT2D eigenvalue weighted by molar-refractivity contribution is 5.98. The lowest BCUT2D eigenvalue weighted by Gasteiger charge is -2.16. The molecule has 0 saturated carbocycles. The van der Waals surface area contributed by atoms with Crippen LogP contribution in [0.15, 0.2) is 34.7 Å². The molecule has 1 aromatic heterocycles. The summed E-state index contributed by atoms with van der Waals surface area (Å²) in [4.78, 5) is 23.7. The molecule has 1 unspecified atom stereocenters. The lowest BCUT2D eigenvalue weighted by Crippen LogP contribution is -2.40. The first-order valence-electron chi connectivity index (χ1n) is 6.77. The van der Waals surface area contributed by atoms with Crippen molar-refractivity contribution in [3.63, 3.8) is 0 Å². The van der Waals surface area contributed by atoms with E-state index < -0.39 is 6.04 Å². The fourth-order valence-electron chi connectivity index (χ4n) is 2.12. The number of rotatable bonds is 5. The summed E-state index contributed by atoms with van der Waals surface area (Å²) >= 11 is 0. The van der Waals surface area contributed by atoms with Crippen LogP contribution in [0.5, 0.6) is 0 Å². The van der Waals surface area contributed by atoms with Gasteiger partial charge in [-0.3, -0.25) is 9.59 Å². The number of ketones is 1. The van der Waals surface area contributed by atoms with Gasteiger partial charge in [-0.05, 0) is 31.4 Å². The summed E-state index contributed by atoms with van der Waals surface area (Å²) in [6.45, 7) is 5.53. The average molecular weight is 273 g/mol. The predicted molar refractivity (Wildman–Crippen MR) is 77.6 cm³/mol. The van der Waals surface area contributed by atoms with Gasteiger partial charge in [0.2, 0.25) is 0 Å². The highest BCUT2D eigenvalue weighted by Gasteiger charge is 2.21.